The van der Waals surface area contributed by atoms with Crippen LogP contribution in [-0.4, -0.2) is 5.78 Å². The maximum Gasteiger partial charge on any atom is 0.194 e. The van der Waals surface area contributed by atoms with E-state index in [1.165, 1.54) is 0 Å². The van der Waals surface area contributed by atoms with E-state index in [0.717, 1.165) is 22.3 Å². The Hall–Kier alpha value is -1.60. The Morgan fingerprint density at radius 3 is 2.39 bits per heavy atom. The zero-order valence-electron chi connectivity index (χ0n) is 10.8. The Labute approximate surface area is 112 Å². The topological polar surface area (TPSA) is 17.1 Å². The fourth-order valence-electron chi connectivity index (χ4n) is 1.95. The van der Waals surface area contributed by atoms with Gasteiger partial charge in [-0.3, -0.25) is 4.79 Å². The van der Waals surface area contributed by atoms with Crippen LogP contribution in [0.1, 0.15) is 32.6 Å². The average molecular weight is 259 g/mol. The SMILES string of the molecule is Cc1ccc(C(=O)c2cccc(C)c2C)c(Cl)c1. The highest BCUT2D eigenvalue weighted by Gasteiger charge is 2.15. The highest BCUT2D eigenvalue weighted by atomic mass is 35.5. The molecule has 0 bridgehead atoms. The van der Waals surface area contributed by atoms with E-state index < -0.39 is 0 Å². The van der Waals surface area contributed by atoms with Crippen molar-refractivity contribution in [1.29, 1.82) is 0 Å². The number of aryl methyl sites for hydroxylation is 2. The number of hydrogen-bond donors (Lipinski definition) is 0. The molecule has 92 valence electrons. The Kier molecular flexibility index (Phi) is 3.53. The lowest BCUT2D eigenvalue weighted by Gasteiger charge is -2.09. The molecule has 0 fully saturated rings. The van der Waals surface area contributed by atoms with Gasteiger partial charge in [0.2, 0.25) is 0 Å². The Morgan fingerprint density at radius 1 is 1.00 bits per heavy atom. The molecule has 0 aliphatic carbocycles. The van der Waals surface area contributed by atoms with Crippen LogP contribution in [0.3, 0.4) is 0 Å². The second-order valence-electron chi connectivity index (χ2n) is 4.56. The monoisotopic (exact) mass is 258 g/mol. The summed E-state index contributed by atoms with van der Waals surface area (Å²) in [4.78, 5) is 12.5. The highest BCUT2D eigenvalue weighted by Crippen LogP contribution is 2.23. The van der Waals surface area contributed by atoms with E-state index in [0.29, 0.717) is 10.6 Å². The summed E-state index contributed by atoms with van der Waals surface area (Å²) in [6, 6.07) is 11.3. The molecule has 2 aromatic rings. The molecule has 2 rings (SSSR count). The summed E-state index contributed by atoms with van der Waals surface area (Å²) in [5.74, 6) is -0.0128. The van der Waals surface area contributed by atoms with Crippen molar-refractivity contribution < 1.29 is 4.79 Å². The van der Waals surface area contributed by atoms with E-state index in [9.17, 15) is 4.79 Å². The molecular formula is C16H15ClO. The molecule has 0 N–H and O–H groups in total. The number of rotatable bonds is 2. The first-order chi connectivity index (χ1) is 8.50. The molecule has 0 atom stereocenters. The summed E-state index contributed by atoms with van der Waals surface area (Å²) < 4.78 is 0. The van der Waals surface area contributed by atoms with Crippen LogP contribution >= 0.6 is 11.6 Å². The van der Waals surface area contributed by atoms with Crippen molar-refractivity contribution in [2.24, 2.45) is 0 Å². The molecule has 0 amide bonds. The zero-order chi connectivity index (χ0) is 13.3. The van der Waals surface area contributed by atoms with Gasteiger partial charge in [0.15, 0.2) is 5.78 Å². The van der Waals surface area contributed by atoms with Crippen LogP contribution in [0, 0.1) is 20.8 Å². The first kappa shape index (κ1) is 12.8. The number of carbonyl (C=O) groups is 1. The molecule has 2 aromatic carbocycles. The third-order valence-corrected chi connectivity index (χ3v) is 3.53. The van der Waals surface area contributed by atoms with E-state index in [4.69, 9.17) is 11.6 Å². The molecule has 2 heteroatoms. The molecule has 0 aromatic heterocycles. The standard InChI is InChI=1S/C16H15ClO/c1-10-7-8-14(15(17)9-10)16(18)13-6-4-5-11(2)12(13)3/h4-9H,1-3H3. The first-order valence-electron chi connectivity index (χ1n) is 5.88. The summed E-state index contributed by atoms with van der Waals surface area (Å²) in [7, 11) is 0. The van der Waals surface area contributed by atoms with Crippen LogP contribution in [0.2, 0.25) is 5.02 Å². The fraction of sp³-hybridized carbons (Fsp3) is 0.188. The van der Waals surface area contributed by atoms with Crippen molar-refractivity contribution in [3.63, 3.8) is 0 Å². The quantitative estimate of drug-likeness (QED) is 0.725. The molecule has 0 aliphatic rings. The molecule has 0 aliphatic heterocycles. The van der Waals surface area contributed by atoms with Crippen LogP contribution < -0.4 is 0 Å². The van der Waals surface area contributed by atoms with Crippen LogP contribution in [0.15, 0.2) is 36.4 Å². The molecule has 0 saturated carbocycles. The summed E-state index contributed by atoms with van der Waals surface area (Å²) in [5.41, 5.74) is 4.47. The number of carbonyl (C=O) groups excluding carboxylic acids is 1. The van der Waals surface area contributed by atoms with Crippen LogP contribution in [0.5, 0.6) is 0 Å². The molecule has 0 radical (unpaired) electrons. The Balaban J connectivity index is 2.51. The average Bonchev–Trinajstić information content (AvgIpc) is 2.32. The van der Waals surface area contributed by atoms with Gasteiger partial charge in [-0.2, -0.15) is 0 Å². The Morgan fingerprint density at radius 2 is 1.72 bits per heavy atom. The van der Waals surface area contributed by atoms with Gasteiger partial charge in [-0.05, 0) is 49.6 Å². The van der Waals surface area contributed by atoms with Crippen molar-refractivity contribution in [3.8, 4) is 0 Å². The molecule has 0 spiro atoms. The lowest BCUT2D eigenvalue weighted by molar-refractivity contribution is 0.103. The predicted molar refractivity (Wildman–Crippen MR) is 75.5 cm³/mol. The van der Waals surface area contributed by atoms with Crippen molar-refractivity contribution >= 4 is 17.4 Å². The normalized spacial score (nSPS) is 10.4. The Bertz CT molecular complexity index is 614. The van der Waals surface area contributed by atoms with Gasteiger partial charge in [-0.15, -0.1) is 0 Å². The van der Waals surface area contributed by atoms with Gasteiger partial charge in [-0.1, -0.05) is 35.9 Å². The smallest absolute Gasteiger partial charge is 0.194 e. The van der Waals surface area contributed by atoms with E-state index >= 15 is 0 Å². The molecule has 0 heterocycles. The highest BCUT2D eigenvalue weighted by molar-refractivity contribution is 6.35. The molecular weight excluding hydrogens is 244 g/mol. The lowest BCUT2D eigenvalue weighted by atomic mass is 9.96. The van der Waals surface area contributed by atoms with E-state index in [1.807, 2.05) is 51.1 Å². The third kappa shape index (κ3) is 2.32. The number of ketones is 1. The van der Waals surface area contributed by atoms with Gasteiger partial charge in [0.25, 0.3) is 0 Å². The summed E-state index contributed by atoms with van der Waals surface area (Å²) >= 11 is 6.15. The minimum Gasteiger partial charge on any atom is -0.289 e. The second kappa shape index (κ2) is 4.95. The summed E-state index contributed by atoms with van der Waals surface area (Å²) in [5, 5.41) is 0.515. The minimum absolute atomic E-state index is 0.0128. The van der Waals surface area contributed by atoms with E-state index in [-0.39, 0.29) is 5.78 Å². The minimum atomic E-state index is -0.0128. The van der Waals surface area contributed by atoms with Gasteiger partial charge in [0.05, 0.1) is 5.02 Å². The zero-order valence-corrected chi connectivity index (χ0v) is 11.5. The van der Waals surface area contributed by atoms with E-state index in [2.05, 4.69) is 0 Å². The maximum atomic E-state index is 12.5. The van der Waals surface area contributed by atoms with Crippen molar-refractivity contribution in [1.82, 2.24) is 0 Å². The van der Waals surface area contributed by atoms with Crippen LogP contribution in [0.25, 0.3) is 0 Å². The van der Waals surface area contributed by atoms with Gasteiger partial charge in [-0.25, -0.2) is 0 Å². The first-order valence-corrected chi connectivity index (χ1v) is 6.25. The number of hydrogen-bond acceptors (Lipinski definition) is 1. The molecule has 0 unspecified atom stereocenters. The van der Waals surface area contributed by atoms with Gasteiger partial charge >= 0.3 is 0 Å². The van der Waals surface area contributed by atoms with Gasteiger partial charge < -0.3 is 0 Å². The molecule has 1 nitrogen and oxygen atoms in total. The van der Waals surface area contributed by atoms with Crippen molar-refractivity contribution in [2.75, 3.05) is 0 Å². The number of halogens is 1. The largest absolute Gasteiger partial charge is 0.289 e. The predicted octanol–water partition coefficient (Wildman–Crippen LogP) is 4.50. The molecule has 0 saturated heterocycles. The maximum absolute atomic E-state index is 12.5. The van der Waals surface area contributed by atoms with E-state index in [1.54, 1.807) is 6.07 Å². The lowest BCUT2D eigenvalue weighted by Crippen LogP contribution is -2.05. The van der Waals surface area contributed by atoms with Gasteiger partial charge in [0.1, 0.15) is 0 Å². The van der Waals surface area contributed by atoms with Crippen LogP contribution in [0.4, 0.5) is 0 Å². The second-order valence-corrected chi connectivity index (χ2v) is 4.97. The van der Waals surface area contributed by atoms with Gasteiger partial charge in [0, 0.05) is 11.1 Å². The summed E-state index contributed by atoms with van der Waals surface area (Å²) in [6.07, 6.45) is 0. The van der Waals surface area contributed by atoms with Crippen LogP contribution in [-0.2, 0) is 0 Å². The van der Waals surface area contributed by atoms with Crippen molar-refractivity contribution in [3.05, 3.63) is 69.2 Å². The third-order valence-electron chi connectivity index (χ3n) is 3.22. The van der Waals surface area contributed by atoms with Crippen molar-refractivity contribution in [2.45, 2.75) is 20.8 Å². The summed E-state index contributed by atoms with van der Waals surface area (Å²) in [6.45, 7) is 5.92. The molecule has 18 heavy (non-hydrogen) atoms. The number of benzene rings is 2. The fourth-order valence-corrected chi connectivity index (χ4v) is 2.27.